The first kappa shape index (κ1) is 17.3. The molecule has 0 fully saturated rings. The van der Waals surface area contributed by atoms with Crippen LogP contribution in [0.3, 0.4) is 0 Å². The zero-order chi connectivity index (χ0) is 16.0. The van der Waals surface area contributed by atoms with Gasteiger partial charge in [-0.15, -0.1) is 0 Å². The lowest BCUT2D eigenvalue weighted by Crippen LogP contribution is -2.29. The molecule has 21 heavy (non-hydrogen) atoms. The molecule has 0 saturated heterocycles. The number of nitrogen functional groups attached to an aromatic ring is 1. The maximum Gasteiger partial charge on any atom is 0.418 e. The summed E-state index contributed by atoms with van der Waals surface area (Å²) in [4.78, 5) is 11.8. The number of para-hydroxylation sites is 1. The first-order chi connectivity index (χ1) is 9.73. The molecular formula is C14H19F3N2O2. The summed E-state index contributed by atoms with van der Waals surface area (Å²) in [6.45, 7) is 5.04. The third-order valence-electron chi connectivity index (χ3n) is 2.64. The van der Waals surface area contributed by atoms with E-state index in [9.17, 15) is 18.0 Å². The van der Waals surface area contributed by atoms with Crippen molar-refractivity contribution in [3.8, 4) is 0 Å². The Kier molecular flexibility index (Phi) is 6.02. The lowest BCUT2D eigenvalue weighted by Gasteiger charge is -2.13. The molecule has 0 aromatic heterocycles. The summed E-state index contributed by atoms with van der Waals surface area (Å²) in [7, 11) is 0. The van der Waals surface area contributed by atoms with Crippen molar-refractivity contribution in [1.29, 1.82) is 0 Å². The van der Waals surface area contributed by atoms with Gasteiger partial charge in [0.25, 0.3) is 5.91 Å². The van der Waals surface area contributed by atoms with Crippen LogP contribution in [0.2, 0.25) is 0 Å². The van der Waals surface area contributed by atoms with Crippen LogP contribution < -0.4 is 11.1 Å². The van der Waals surface area contributed by atoms with Crippen LogP contribution in [0.5, 0.6) is 0 Å². The fourth-order valence-electron chi connectivity index (χ4n) is 1.66. The lowest BCUT2D eigenvalue weighted by atomic mass is 10.1. The van der Waals surface area contributed by atoms with Gasteiger partial charge in [0, 0.05) is 13.2 Å². The summed E-state index contributed by atoms with van der Waals surface area (Å²) in [5.41, 5.74) is 3.67. The molecule has 1 amide bonds. The smallest absolute Gasteiger partial charge is 0.398 e. The van der Waals surface area contributed by atoms with E-state index in [0.717, 1.165) is 12.1 Å². The molecule has 1 aromatic rings. The van der Waals surface area contributed by atoms with Crippen molar-refractivity contribution in [2.24, 2.45) is 5.92 Å². The number of hydrogen-bond acceptors (Lipinski definition) is 3. The lowest BCUT2D eigenvalue weighted by molar-refractivity contribution is -0.136. The van der Waals surface area contributed by atoms with Crippen LogP contribution in [0, 0.1) is 5.92 Å². The van der Waals surface area contributed by atoms with Crippen LogP contribution in [-0.2, 0) is 10.9 Å². The van der Waals surface area contributed by atoms with Crippen LogP contribution >= 0.6 is 0 Å². The molecule has 0 spiro atoms. The highest BCUT2D eigenvalue weighted by molar-refractivity contribution is 5.99. The molecule has 0 unspecified atom stereocenters. The Morgan fingerprint density at radius 1 is 1.38 bits per heavy atom. The minimum Gasteiger partial charge on any atom is -0.398 e. The Morgan fingerprint density at radius 2 is 2.05 bits per heavy atom. The van der Waals surface area contributed by atoms with E-state index in [1.54, 1.807) is 0 Å². The molecule has 0 saturated carbocycles. The van der Waals surface area contributed by atoms with Crippen molar-refractivity contribution in [3.05, 3.63) is 29.3 Å². The maximum absolute atomic E-state index is 12.7. The SMILES string of the molecule is CC(C)COCCNC(=O)c1cccc(C(F)(F)F)c1N. The van der Waals surface area contributed by atoms with E-state index in [1.165, 1.54) is 6.07 Å². The number of rotatable bonds is 6. The maximum atomic E-state index is 12.7. The van der Waals surface area contributed by atoms with Gasteiger partial charge in [-0.2, -0.15) is 13.2 Å². The second-order valence-corrected chi connectivity index (χ2v) is 4.99. The first-order valence-electron chi connectivity index (χ1n) is 6.55. The standard InChI is InChI=1S/C14H19F3N2O2/c1-9(2)8-21-7-6-19-13(20)10-4-3-5-11(12(10)18)14(15,16)17/h3-5,9H,6-8,18H2,1-2H3,(H,19,20). The summed E-state index contributed by atoms with van der Waals surface area (Å²) in [5.74, 6) is -0.272. The van der Waals surface area contributed by atoms with Crippen LogP contribution in [-0.4, -0.2) is 25.7 Å². The fraction of sp³-hybridized carbons (Fsp3) is 0.500. The molecule has 4 nitrogen and oxygen atoms in total. The average Bonchev–Trinajstić information content (AvgIpc) is 2.36. The fourth-order valence-corrected chi connectivity index (χ4v) is 1.66. The van der Waals surface area contributed by atoms with Gasteiger partial charge in [-0.05, 0) is 18.1 Å². The van der Waals surface area contributed by atoms with E-state index in [0.29, 0.717) is 19.1 Å². The van der Waals surface area contributed by atoms with Crippen LogP contribution in [0.1, 0.15) is 29.8 Å². The number of anilines is 1. The molecule has 1 aromatic carbocycles. The van der Waals surface area contributed by atoms with Crippen molar-refractivity contribution >= 4 is 11.6 Å². The molecule has 0 aliphatic carbocycles. The molecule has 118 valence electrons. The normalized spacial score (nSPS) is 11.7. The van der Waals surface area contributed by atoms with Crippen LogP contribution in [0.15, 0.2) is 18.2 Å². The number of nitrogens with two attached hydrogens (primary N) is 1. The Morgan fingerprint density at radius 3 is 2.62 bits per heavy atom. The van der Waals surface area contributed by atoms with Gasteiger partial charge in [0.05, 0.1) is 23.4 Å². The van der Waals surface area contributed by atoms with Crippen molar-refractivity contribution in [2.75, 3.05) is 25.5 Å². The number of benzene rings is 1. The predicted molar refractivity (Wildman–Crippen MR) is 73.8 cm³/mol. The Bertz CT molecular complexity index is 488. The molecule has 0 aliphatic heterocycles. The molecule has 1 rings (SSSR count). The second-order valence-electron chi connectivity index (χ2n) is 4.99. The summed E-state index contributed by atoms with van der Waals surface area (Å²) < 4.78 is 43.3. The van der Waals surface area contributed by atoms with Crippen LogP contribution in [0.25, 0.3) is 0 Å². The van der Waals surface area contributed by atoms with E-state index >= 15 is 0 Å². The molecule has 0 heterocycles. The van der Waals surface area contributed by atoms with E-state index in [2.05, 4.69) is 5.32 Å². The molecule has 0 atom stereocenters. The van der Waals surface area contributed by atoms with E-state index < -0.39 is 23.3 Å². The number of ether oxygens (including phenoxy) is 1. The third-order valence-corrected chi connectivity index (χ3v) is 2.64. The summed E-state index contributed by atoms with van der Waals surface area (Å²) in [6.07, 6.45) is -4.58. The third kappa shape index (κ3) is 5.26. The Hall–Kier alpha value is -1.76. The van der Waals surface area contributed by atoms with Gasteiger partial charge in [-0.25, -0.2) is 0 Å². The first-order valence-corrected chi connectivity index (χ1v) is 6.55. The summed E-state index contributed by atoms with van der Waals surface area (Å²) >= 11 is 0. The monoisotopic (exact) mass is 304 g/mol. The molecule has 0 bridgehead atoms. The number of hydrogen-bond donors (Lipinski definition) is 2. The highest BCUT2D eigenvalue weighted by Gasteiger charge is 2.34. The molecule has 0 aliphatic rings. The number of carbonyl (C=O) groups is 1. The van der Waals surface area contributed by atoms with Crippen molar-refractivity contribution in [1.82, 2.24) is 5.32 Å². The number of halogens is 3. The van der Waals surface area contributed by atoms with Gasteiger partial charge in [0.15, 0.2) is 0 Å². The van der Waals surface area contributed by atoms with Crippen LogP contribution in [0.4, 0.5) is 18.9 Å². The van der Waals surface area contributed by atoms with E-state index in [4.69, 9.17) is 10.5 Å². The quantitative estimate of drug-likeness (QED) is 0.627. The number of alkyl halides is 3. The average molecular weight is 304 g/mol. The number of amides is 1. The Balaban J connectivity index is 2.63. The minimum atomic E-state index is -4.58. The minimum absolute atomic E-state index is 0.186. The summed E-state index contributed by atoms with van der Waals surface area (Å²) in [5, 5.41) is 2.48. The zero-order valence-electron chi connectivity index (χ0n) is 12.0. The van der Waals surface area contributed by atoms with E-state index in [-0.39, 0.29) is 12.1 Å². The molecule has 0 radical (unpaired) electrons. The van der Waals surface area contributed by atoms with Gasteiger partial charge in [-0.3, -0.25) is 4.79 Å². The van der Waals surface area contributed by atoms with Gasteiger partial charge in [0.2, 0.25) is 0 Å². The van der Waals surface area contributed by atoms with Crippen molar-refractivity contribution < 1.29 is 22.7 Å². The summed E-state index contributed by atoms with van der Waals surface area (Å²) in [6, 6.07) is 3.26. The number of carbonyl (C=O) groups excluding carboxylic acids is 1. The van der Waals surface area contributed by atoms with Crippen molar-refractivity contribution in [2.45, 2.75) is 20.0 Å². The molecule has 7 heteroatoms. The van der Waals surface area contributed by atoms with Gasteiger partial charge >= 0.3 is 6.18 Å². The molecular weight excluding hydrogens is 285 g/mol. The van der Waals surface area contributed by atoms with Crippen molar-refractivity contribution in [3.63, 3.8) is 0 Å². The van der Waals surface area contributed by atoms with E-state index in [1.807, 2.05) is 13.8 Å². The number of nitrogens with one attached hydrogen (secondary N) is 1. The molecule has 3 N–H and O–H groups in total. The van der Waals surface area contributed by atoms with Gasteiger partial charge in [-0.1, -0.05) is 19.9 Å². The highest BCUT2D eigenvalue weighted by Crippen LogP contribution is 2.34. The zero-order valence-corrected chi connectivity index (χ0v) is 12.0. The van der Waals surface area contributed by atoms with Gasteiger partial charge in [0.1, 0.15) is 0 Å². The largest absolute Gasteiger partial charge is 0.418 e. The topological polar surface area (TPSA) is 64.3 Å². The van der Waals surface area contributed by atoms with Gasteiger partial charge < -0.3 is 15.8 Å². The Labute approximate surface area is 121 Å². The second kappa shape index (κ2) is 7.31. The predicted octanol–water partition coefficient (Wildman–Crippen LogP) is 2.69. The highest BCUT2D eigenvalue weighted by atomic mass is 19.4.